The van der Waals surface area contributed by atoms with E-state index < -0.39 is 17.6 Å². The van der Waals surface area contributed by atoms with Gasteiger partial charge in [-0.2, -0.15) is 0 Å². The molecule has 0 bridgehead atoms. The number of ketones is 1. The maximum Gasteiger partial charge on any atom is 0.336 e. The summed E-state index contributed by atoms with van der Waals surface area (Å²) in [5.74, 6) is -0.802. The Morgan fingerprint density at radius 3 is 2.20 bits per heavy atom. The molecule has 1 aliphatic carbocycles. The number of halogens is 1. The molecule has 3 aromatic carbocycles. The van der Waals surface area contributed by atoms with E-state index in [9.17, 15) is 14.7 Å². The SMILES string of the molecule is CCOc1cc2c(cc1-c1ccc(C(=O)c3ccccc3C(=O)O)cc1)C(C)(C)CC(F)C2(C)C. The van der Waals surface area contributed by atoms with Crippen molar-refractivity contribution in [2.75, 3.05) is 6.61 Å². The van der Waals surface area contributed by atoms with Crippen LogP contribution in [0.25, 0.3) is 11.1 Å². The van der Waals surface area contributed by atoms with E-state index in [4.69, 9.17) is 4.74 Å². The van der Waals surface area contributed by atoms with Gasteiger partial charge in [0.05, 0.1) is 12.2 Å². The summed E-state index contributed by atoms with van der Waals surface area (Å²) in [6.07, 6.45) is -0.513. The van der Waals surface area contributed by atoms with Crippen LogP contribution in [-0.4, -0.2) is 29.6 Å². The second-order valence-corrected chi connectivity index (χ2v) is 10.4. The van der Waals surface area contributed by atoms with Crippen LogP contribution in [0.5, 0.6) is 5.75 Å². The van der Waals surface area contributed by atoms with Crippen LogP contribution in [0.2, 0.25) is 0 Å². The molecule has 4 nitrogen and oxygen atoms in total. The van der Waals surface area contributed by atoms with Gasteiger partial charge in [-0.05, 0) is 53.6 Å². The van der Waals surface area contributed by atoms with Crippen molar-refractivity contribution in [2.24, 2.45) is 0 Å². The van der Waals surface area contributed by atoms with Crippen LogP contribution < -0.4 is 4.74 Å². The predicted molar refractivity (Wildman–Crippen MR) is 135 cm³/mol. The summed E-state index contributed by atoms with van der Waals surface area (Å²) in [7, 11) is 0. The average Bonchev–Trinajstić information content (AvgIpc) is 2.82. The third-order valence-electron chi connectivity index (χ3n) is 7.18. The van der Waals surface area contributed by atoms with Crippen LogP contribution in [0.15, 0.2) is 60.7 Å². The van der Waals surface area contributed by atoms with Gasteiger partial charge in [0.2, 0.25) is 0 Å². The Morgan fingerprint density at radius 1 is 0.971 bits per heavy atom. The molecule has 0 saturated heterocycles. The number of carbonyl (C=O) groups excluding carboxylic acids is 1. The summed E-state index contributed by atoms with van der Waals surface area (Å²) in [4.78, 5) is 24.6. The van der Waals surface area contributed by atoms with Gasteiger partial charge in [-0.25, -0.2) is 9.18 Å². The highest BCUT2D eigenvalue weighted by atomic mass is 19.1. The lowest BCUT2D eigenvalue weighted by atomic mass is 9.61. The molecule has 0 heterocycles. The third-order valence-corrected chi connectivity index (χ3v) is 7.18. The number of carboxylic acids is 1. The van der Waals surface area contributed by atoms with Gasteiger partial charge in [-0.1, -0.05) is 70.2 Å². The number of benzene rings is 3. The lowest BCUT2D eigenvalue weighted by molar-refractivity contribution is 0.0692. The Bertz CT molecular complexity index is 1290. The van der Waals surface area contributed by atoms with Crippen molar-refractivity contribution in [3.8, 4) is 16.9 Å². The minimum Gasteiger partial charge on any atom is -0.493 e. The van der Waals surface area contributed by atoms with Crippen LogP contribution >= 0.6 is 0 Å². The molecule has 0 spiro atoms. The van der Waals surface area contributed by atoms with E-state index in [1.807, 2.05) is 39.0 Å². The Kier molecular flexibility index (Phi) is 6.31. The molecule has 0 amide bonds. The van der Waals surface area contributed by atoms with Gasteiger partial charge < -0.3 is 9.84 Å². The van der Waals surface area contributed by atoms with Crippen molar-refractivity contribution in [1.82, 2.24) is 0 Å². The second kappa shape index (κ2) is 8.95. The summed E-state index contributed by atoms with van der Waals surface area (Å²) in [6.45, 7) is 10.4. The minimum absolute atomic E-state index is 0.0223. The molecule has 4 rings (SSSR count). The van der Waals surface area contributed by atoms with Crippen LogP contribution in [0.4, 0.5) is 4.39 Å². The van der Waals surface area contributed by atoms with Crippen molar-refractivity contribution in [3.05, 3.63) is 88.5 Å². The summed E-state index contributed by atoms with van der Waals surface area (Å²) >= 11 is 0. The quantitative estimate of drug-likeness (QED) is 0.392. The number of carbonyl (C=O) groups is 2. The molecule has 0 fully saturated rings. The third kappa shape index (κ3) is 4.36. The topological polar surface area (TPSA) is 63.6 Å². The summed E-state index contributed by atoms with van der Waals surface area (Å²) in [6, 6.07) is 17.4. The molecule has 182 valence electrons. The molecule has 1 N–H and O–H groups in total. The van der Waals surface area contributed by atoms with E-state index in [0.717, 1.165) is 22.3 Å². The number of hydrogen-bond donors (Lipinski definition) is 1. The lowest BCUT2D eigenvalue weighted by Gasteiger charge is -2.44. The van der Waals surface area contributed by atoms with Gasteiger partial charge in [-0.15, -0.1) is 0 Å². The molecule has 1 aliphatic rings. The second-order valence-electron chi connectivity index (χ2n) is 10.4. The maximum atomic E-state index is 15.1. The highest BCUT2D eigenvalue weighted by molar-refractivity contribution is 6.14. The first-order chi connectivity index (χ1) is 16.5. The highest BCUT2D eigenvalue weighted by Crippen LogP contribution is 2.50. The largest absolute Gasteiger partial charge is 0.493 e. The summed E-state index contributed by atoms with van der Waals surface area (Å²) in [5.41, 5.74) is 3.40. The number of ether oxygens (including phenoxy) is 1. The van der Waals surface area contributed by atoms with E-state index in [0.29, 0.717) is 24.3 Å². The molecule has 35 heavy (non-hydrogen) atoms. The minimum atomic E-state index is -1.14. The average molecular weight is 475 g/mol. The van der Waals surface area contributed by atoms with Gasteiger partial charge in [0.25, 0.3) is 0 Å². The molecule has 5 heteroatoms. The predicted octanol–water partition coefficient (Wildman–Crippen LogP) is 6.98. The Balaban J connectivity index is 1.79. The number of carboxylic acid groups (broad SMARTS) is 1. The van der Waals surface area contributed by atoms with E-state index >= 15 is 4.39 Å². The van der Waals surface area contributed by atoms with Crippen molar-refractivity contribution >= 4 is 11.8 Å². The van der Waals surface area contributed by atoms with Crippen LogP contribution in [-0.2, 0) is 10.8 Å². The van der Waals surface area contributed by atoms with Gasteiger partial charge in [0.15, 0.2) is 5.78 Å². The van der Waals surface area contributed by atoms with E-state index in [-0.39, 0.29) is 22.3 Å². The standard InChI is InChI=1S/C30H31FO4/c1-6-35-25-16-24-23(29(2,3)17-26(31)30(24,4)5)15-22(25)18-11-13-19(14-12-18)27(32)20-9-7-8-10-21(20)28(33)34/h7-16,26H,6,17H2,1-5H3,(H,33,34). The number of fused-ring (bicyclic) bond motifs is 1. The monoisotopic (exact) mass is 474 g/mol. The molecule has 0 aromatic heterocycles. The number of hydrogen-bond acceptors (Lipinski definition) is 3. The fourth-order valence-corrected chi connectivity index (χ4v) is 4.98. The fraction of sp³-hybridized carbons (Fsp3) is 0.333. The maximum absolute atomic E-state index is 15.1. The van der Waals surface area contributed by atoms with Crippen molar-refractivity contribution in [2.45, 2.75) is 58.0 Å². The molecule has 0 radical (unpaired) electrons. The van der Waals surface area contributed by atoms with Crippen molar-refractivity contribution in [3.63, 3.8) is 0 Å². The van der Waals surface area contributed by atoms with E-state index in [2.05, 4.69) is 19.9 Å². The number of rotatable bonds is 6. The molecular weight excluding hydrogens is 443 g/mol. The first-order valence-corrected chi connectivity index (χ1v) is 11.9. The summed E-state index contributed by atoms with van der Waals surface area (Å²) in [5, 5.41) is 9.44. The first kappa shape index (κ1) is 24.6. The van der Waals surface area contributed by atoms with Gasteiger partial charge in [0.1, 0.15) is 11.9 Å². The van der Waals surface area contributed by atoms with E-state index in [1.54, 1.807) is 24.3 Å². The van der Waals surface area contributed by atoms with Crippen molar-refractivity contribution < 1.29 is 23.8 Å². The lowest BCUT2D eigenvalue weighted by Crippen LogP contribution is -2.43. The highest BCUT2D eigenvalue weighted by Gasteiger charge is 2.45. The number of aromatic carboxylic acids is 1. The number of alkyl halides is 1. The molecule has 1 atom stereocenters. The zero-order chi connectivity index (χ0) is 25.5. The van der Waals surface area contributed by atoms with E-state index in [1.165, 1.54) is 12.1 Å². The molecular formula is C30H31FO4. The van der Waals surface area contributed by atoms with Crippen molar-refractivity contribution in [1.29, 1.82) is 0 Å². The summed E-state index contributed by atoms with van der Waals surface area (Å²) < 4.78 is 21.1. The van der Waals surface area contributed by atoms with Crippen LogP contribution in [0.3, 0.4) is 0 Å². The zero-order valence-electron chi connectivity index (χ0n) is 20.8. The molecule has 0 aliphatic heterocycles. The first-order valence-electron chi connectivity index (χ1n) is 11.9. The van der Waals surface area contributed by atoms with Crippen LogP contribution in [0, 0.1) is 0 Å². The molecule has 0 saturated carbocycles. The Morgan fingerprint density at radius 2 is 1.60 bits per heavy atom. The smallest absolute Gasteiger partial charge is 0.336 e. The zero-order valence-corrected chi connectivity index (χ0v) is 20.8. The Labute approximate surface area is 205 Å². The molecule has 1 unspecified atom stereocenters. The van der Waals surface area contributed by atoms with Crippen LogP contribution in [0.1, 0.15) is 78.4 Å². The normalized spacial score (nSPS) is 17.9. The molecule has 3 aromatic rings. The van der Waals surface area contributed by atoms with Gasteiger partial charge >= 0.3 is 5.97 Å². The Hall–Kier alpha value is -3.47. The fourth-order valence-electron chi connectivity index (χ4n) is 4.98. The van der Waals surface area contributed by atoms with Gasteiger partial charge in [0, 0.05) is 22.1 Å². The van der Waals surface area contributed by atoms with Gasteiger partial charge in [-0.3, -0.25) is 4.79 Å².